The molecule has 0 saturated carbocycles. The summed E-state index contributed by atoms with van der Waals surface area (Å²) in [6.07, 6.45) is -4.31. The summed E-state index contributed by atoms with van der Waals surface area (Å²) in [4.78, 5) is 0. The Morgan fingerprint density at radius 2 is 1.70 bits per heavy atom. The number of rotatable bonds is 4. The summed E-state index contributed by atoms with van der Waals surface area (Å²) < 4.78 is 38.3. The minimum Gasteiger partial charge on any atom is -0.321 e. The zero-order chi connectivity index (χ0) is 14.6. The van der Waals surface area contributed by atoms with Crippen LogP contribution in [-0.4, -0.2) is 0 Å². The highest BCUT2D eigenvalue weighted by atomic mass is 19.4. The molecular formula is C15H15F3N2. The van der Waals surface area contributed by atoms with E-state index in [1.54, 1.807) is 6.07 Å². The van der Waals surface area contributed by atoms with Gasteiger partial charge in [0.2, 0.25) is 0 Å². The van der Waals surface area contributed by atoms with Crippen LogP contribution in [0.1, 0.15) is 16.7 Å². The Hall–Kier alpha value is -2.01. The molecule has 2 N–H and O–H groups in total. The molecule has 0 aromatic heterocycles. The first-order chi connectivity index (χ1) is 9.47. The van der Waals surface area contributed by atoms with E-state index in [1.165, 1.54) is 19.1 Å². The maximum Gasteiger partial charge on any atom is 0.416 e. The molecule has 2 aromatic carbocycles. The van der Waals surface area contributed by atoms with E-state index in [0.717, 1.165) is 5.69 Å². The van der Waals surface area contributed by atoms with Crippen molar-refractivity contribution in [1.82, 2.24) is 5.43 Å². The van der Waals surface area contributed by atoms with Gasteiger partial charge < -0.3 is 5.43 Å². The summed E-state index contributed by atoms with van der Waals surface area (Å²) in [5, 5.41) is 0. The summed E-state index contributed by atoms with van der Waals surface area (Å²) in [7, 11) is 0. The standard InChI is InChI=1S/C15H15F3N2/c1-11-7-8-12(9-14(11)15(16,17)18)10-19-20-13-5-3-2-4-6-13/h2-9,19-20H,10H2,1H3. The second-order valence-corrected chi connectivity index (χ2v) is 4.49. The van der Waals surface area contributed by atoms with Crippen LogP contribution in [0.25, 0.3) is 0 Å². The van der Waals surface area contributed by atoms with E-state index in [-0.39, 0.29) is 5.56 Å². The van der Waals surface area contributed by atoms with Gasteiger partial charge in [-0.2, -0.15) is 13.2 Å². The van der Waals surface area contributed by atoms with E-state index in [4.69, 9.17) is 0 Å². The first-order valence-corrected chi connectivity index (χ1v) is 6.17. The maximum absolute atomic E-state index is 12.8. The van der Waals surface area contributed by atoms with Crippen LogP contribution in [0.15, 0.2) is 48.5 Å². The molecule has 0 heterocycles. The second-order valence-electron chi connectivity index (χ2n) is 4.49. The van der Waals surface area contributed by atoms with Gasteiger partial charge in [-0.25, -0.2) is 5.43 Å². The minimum atomic E-state index is -4.31. The van der Waals surface area contributed by atoms with Crippen molar-refractivity contribution in [1.29, 1.82) is 0 Å². The lowest BCUT2D eigenvalue weighted by Crippen LogP contribution is -2.21. The Morgan fingerprint density at radius 3 is 2.35 bits per heavy atom. The average molecular weight is 280 g/mol. The van der Waals surface area contributed by atoms with Gasteiger partial charge in [-0.1, -0.05) is 30.3 Å². The first kappa shape index (κ1) is 14.4. The van der Waals surface area contributed by atoms with Crippen molar-refractivity contribution in [3.05, 3.63) is 65.2 Å². The van der Waals surface area contributed by atoms with Crippen molar-refractivity contribution in [2.24, 2.45) is 0 Å². The van der Waals surface area contributed by atoms with E-state index >= 15 is 0 Å². The van der Waals surface area contributed by atoms with Crippen LogP contribution in [0.5, 0.6) is 0 Å². The molecular weight excluding hydrogens is 265 g/mol. The molecule has 0 unspecified atom stereocenters. The van der Waals surface area contributed by atoms with Crippen molar-refractivity contribution < 1.29 is 13.2 Å². The Kier molecular flexibility index (Phi) is 4.29. The number of hydrogen-bond acceptors (Lipinski definition) is 2. The summed E-state index contributed by atoms with van der Waals surface area (Å²) in [6, 6.07) is 13.7. The Bertz CT molecular complexity index is 565. The van der Waals surface area contributed by atoms with Gasteiger partial charge in [0.25, 0.3) is 0 Å². The van der Waals surface area contributed by atoms with Crippen molar-refractivity contribution in [2.45, 2.75) is 19.6 Å². The third-order valence-electron chi connectivity index (χ3n) is 2.91. The summed E-state index contributed by atoms with van der Waals surface area (Å²) in [6.45, 7) is 1.76. The molecule has 0 spiro atoms. The third-order valence-corrected chi connectivity index (χ3v) is 2.91. The van der Waals surface area contributed by atoms with Gasteiger partial charge in [0, 0.05) is 12.2 Å². The Morgan fingerprint density at radius 1 is 1.00 bits per heavy atom. The molecule has 20 heavy (non-hydrogen) atoms. The SMILES string of the molecule is Cc1ccc(CNNc2ccccc2)cc1C(F)(F)F. The van der Waals surface area contributed by atoms with Gasteiger partial charge in [0.05, 0.1) is 5.56 Å². The van der Waals surface area contributed by atoms with Crippen LogP contribution in [-0.2, 0) is 12.7 Å². The molecule has 2 nitrogen and oxygen atoms in total. The number of hydrazine groups is 1. The van der Waals surface area contributed by atoms with Gasteiger partial charge in [-0.05, 0) is 36.2 Å². The lowest BCUT2D eigenvalue weighted by molar-refractivity contribution is -0.138. The number of halogens is 3. The number of aryl methyl sites for hydroxylation is 1. The van der Waals surface area contributed by atoms with Gasteiger partial charge in [0.1, 0.15) is 0 Å². The summed E-state index contributed by atoms with van der Waals surface area (Å²) >= 11 is 0. The van der Waals surface area contributed by atoms with Gasteiger partial charge in [-0.15, -0.1) is 0 Å². The fourth-order valence-corrected chi connectivity index (χ4v) is 1.85. The molecule has 0 amide bonds. The third kappa shape index (κ3) is 3.74. The number of nitrogens with one attached hydrogen (secondary N) is 2. The highest BCUT2D eigenvalue weighted by Gasteiger charge is 2.32. The normalized spacial score (nSPS) is 11.4. The molecule has 0 aliphatic heterocycles. The molecule has 0 radical (unpaired) electrons. The van der Waals surface area contributed by atoms with E-state index in [9.17, 15) is 13.2 Å². The number of hydrogen-bond donors (Lipinski definition) is 2. The van der Waals surface area contributed by atoms with Crippen LogP contribution in [0.4, 0.5) is 18.9 Å². The van der Waals surface area contributed by atoms with Crippen molar-refractivity contribution in [2.75, 3.05) is 5.43 Å². The van der Waals surface area contributed by atoms with Crippen LogP contribution in [0.2, 0.25) is 0 Å². The first-order valence-electron chi connectivity index (χ1n) is 6.17. The lowest BCUT2D eigenvalue weighted by atomic mass is 10.0. The lowest BCUT2D eigenvalue weighted by Gasteiger charge is -2.13. The van der Waals surface area contributed by atoms with Crippen molar-refractivity contribution in [3.8, 4) is 0 Å². The van der Waals surface area contributed by atoms with Gasteiger partial charge in [-0.3, -0.25) is 0 Å². The molecule has 0 saturated heterocycles. The minimum absolute atomic E-state index is 0.234. The van der Waals surface area contributed by atoms with Crippen LogP contribution in [0.3, 0.4) is 0 Å². The number of alkyl halides is 3. The van der Waals surface area contributed by atoms with Crippen molar-refractivity contribution >= 4 is 5.69 Å². The summed E-state index contributed by atoms with van der Waals surface area (Å²) in [5.41, 5.74) is 6.91. The maximum atomic E-state index is 12.8. The quantitative estimate of drug-likeness (QED) is 0.823. The van der Waals surface area contributed by atoms with Crippen molar-refractivity contribution in [3.63, 3.8) is 0 Å². The highest BCUT2D eigenvalue weighted by Crippen LogP contribution is 2.32. The average Bonchev–Trinajstić information content (AvgIpc) is 2.40. The predicted octanol–water partition coefficient (Wildman–Crippen LogP) is 4.13. The molecule has 0 fully saturated rings. The van der Waals surface area contributed by atoms with Gasteiger partial charge >= 0.3 is 6.18 Å². The molecule has 0 atom stereocenters. The van der Waals surface area contributed by atoms with Gasteiger partial charge in [0.15, 0.2) is 0 Å². The van der Waals surface area contributed by atoms with E-state index < -0.39 is 11.7 Å². The topological polar surface area (TPSA) is 24.1 Å². The number of anilines is 1. The molecule has 0 bridgehead atoms. The highest BCUT2D eigenvalue weighted by molar-refractivity contribution is 5.41. The monoisotopic (exact) mass is 280 g/mol. The van der Waals surface area contributed by atoms with Crippen LogP contribution >= 0.6 is 0 Å². The molecule has 2 aromatic rings. The van der Waals surface area contributed by atoms with Crippen LogP contribution in [0, 0.1) is 6.92 Å². The van der Waals surface area contributed by atoms with E-state index in [2.05, 4.69) is 10.9 Å². The zero-order valence-electron chi connectivity index (χ0n) is 11.0. The number of para-hydroxylation sites is 1. The zero-order valence-corrected chi connectivity index (χ0v) is 11.0. The fraction of sp³-hybridized carbons (Fsp3) is 0.200. The fourth-order valence-electron chi connectivity index (χ4n) is 1.85. The molecule has 5 heteroatoms. The Balaban J connectivity index is 2.00. The smallest absolute Gasteiger partial charge is 0.321 e. The predicted molar refractivity (Wildman–Crippen MR) is 73.1 cm³/mol. The molecule has 106 valence electrons. The molecule has 0 aliphatic carbocycles. The largest absolute Gasteiger partial charge is 0.416 e. The van der Waals surface area contributed by atoms with E-state index in [0.29, 0.717) is 12.1 Å². The van der Waals surface area contributed by atoms with Crippen LogP contribution < -0.4 is 10.9 Å². The van der Waals surface area contributed by atoms with E-state index in [1.807, 2.05) is 30.3 Å². The summed E-state index contributed by atoms with van der Waals surface area (Å²) in [5.74, 6) is 0. The number of benzene rings is 2. The second kappa shape index (κ2) is 5.96. The molecule has 2 rings (SSSR count). The molecule has 0 aliphatic rings. The Labute approximate surface area is 115 Å².